The van der Waals surface area contributed by atoms with Crippen LogP contribution in [0.25, 0.3) is 27.4 Å². The Bertz CT molecular complexity index is 1750. The van der Waals surface area contributed by atoms with Crippen LogP contribution in [-0.2, 0) is 0 Å². The zero-order valence-electron chi connectivity index (χ0n) is 22.1. The smallest absolute Gasteiger partial charge is 0.256 e. The van der Waals surface area contributed by atoms with E-state index in [0.717, 1.165) is 36.7 Å². The van der Waals surface area contributed by atoms with Crippen LogP contribution in [0, 0.1) is 5.82 Å². The van der Waals surface area contributed by atoms with Gasteiger partial charge in [-0.15, -0.1) is 0 Å². The lowest BCUT2D eigenvalue weighted by Crippen LogP contribution is -2.36. The number of benzene rings is 3. The lowest BCUT2D eigenvalue weighted by atomic mass is 10.0. The minimum absolute atomic E-state index is 0.0641. The number of aromatic nitrogens is 1. The van der Waals surface area contributed by atoms with E-state index < -0.39 is 17.2 Å². The van der Waals surface area contributed by atoms with E-state index in [1.165, 1.54) is 6.20 Å². The molecule has 3 aliphatic heterocycles. The van der Waals surface area contributed by atoms with Crippen molar-refractivity contribution in [1.29, 1.82) is 0 Å². The number of nitrogens with zero attached hydrogens (tertiary/aromatic N) is 3. The van der Waals surface area contributed by atoms with E-state index in [2.05, 4.69) is 10.2 Å². The monoisotopic (exact) mass is 542 g/mol. The zero-order chi connectivity index (χ0) is 27.5. The van der Waals surface area contributed by atoms with Gasteiger partial charge in [0, 0.05) is 38.4 Å². The van der Waals surface area contributed by atoms with Crippen molar-refractivity contribution < 1.29 is 13.9 Å². The second kappa shape index (κ2) is 9.50. The van der Waals surface area contributed by atoms with Crippen LogP contribution in [-0.4, -0.2) is 60.7 Å². The first-order chi connectivity index (χ1) is 19.4. The van der Waals surface area contributed by atoms with Crippen LogP contribution < -0.4 is 31.8 Å². The van der Waals surface area contributed by atoms with Crippen molar-refractivity contribution >= 4 is 39.0 Å². The molecule has 1 amide bonds. The Labute approximate surface area is 230 Å². The Kier molecular flexibility index (Phi) is 5.90. The van der Waals surface area contributed by atoms with Crippen LogP contribution in [0.1, 0.15) is 29.6 Å². The number of hydrogen-bond donors (Lipinski definition) is 3. The summed E-state index contributed by atoms with van der Waals surface area (Å²) in [7, 11) is 0. The van der Waals surface area contributed by atoms with Gasteiger partial charge in [0.15, 0.2) is 17.3 Å². The number of carbonyl (C=O) groups is 1. The molecule has 4 heterocycles. The van der Waals surface area contributed by atoms with Crippen molar-refractivity contribution in [3.8, 4) is 17.2 Å². The van der Waals surface area contributed by atoms with E-state index in [4.69, 9.17) is 16.2 Å². The molecular formula is C30H31FN6O3. The molecule has 0 bridgehead atoms. The number of nitrogens with one attached hydrogen (secondary N) is 1. The fourth-order valence-corrected chi connectivity index (χ4v) is 6.27. The summed E-state index contributed by atoms with van der Waals surface area (Å²) in [5.74, 6) is -0.558. The normalized spacial score (nSPS) is 18.4. The van der Waals surface area contributed by atoms with Gasteiger partial charge < -0.3 is 35.9 Å². The Morgan fingerprint density at radius 3 is 2.60 bits per heavy atom. The molecule has 9 nitrogen and oxygen atoms in total. The summed E-state index contributed by atoms with van der Waals surface area (Å²) in [4.78, 5) is 31.3. The van der Waals surface area contributed by atoms with E-state index in [1.54, 1.807) is 4.57 Å². The molecule has 1 unspecified atom stereocenters. The molecule has 0 saturated carbocycles. The molecule has 3 aliphatic rings. The van der Waals surface area contributed by atoms with Gasteiger partial charge in [-0.05, 0) is 55.3 Å². The maximum absolute atomic E-state index is 16.1. The minimum atomic E-state index is -0.740. The predicted octanol–water partition coefficient (Wildman–Crippen LogP) is 3.33. The van der Waals surface area contributed by atoms with Crippen LogP contribution in [0.4, 0.5) is 15.8 Å². The summed E-state index contributed by atoms with van der Waals surface area (Å²) in [5.41, 5.74) is 12.7. The first-order valence-electron chi connectivity index (χ1n) is 13.8. The zero-order valence-corrected chi connectivity index (χ0v) is 22.1. The number of pyridine rings is 1. The van der Waals surface area contributed by atoms with Gasteiger partial charge >= 0.3 is 0 Å². The second-order valence-electron chi connectivity index (χ2n) is 10.9. The van der Waals surface area contributed by atoms with Crippen LogP contribution >= 0.6 is 0 Å². The van der Waals surface area contributed by atoms with Crippen molar-refractivity contribution in [1.82, 2.24) is 14.8 Å². The predicted molar refractivity (Wildman–Crippen MR) is 154 cm³/mol. The Morgan fingerprint density at radius 1 is 1.12 bits per heavy atom. The Balaban J connectivity index is 1.43. The Morgan fingerprint density at radius 2 is 1.88 bits per heavy atom. The number of ether oxygens (including phenoxy) is 1. The molecule has 7 rings (SSSR count). The average Bonchev–Trinajstić information content (AvgIpc) is 3.63. The number of nitrogens with two attached hydrogens (primary N) is 2. The van der Waals surface area contributed by atoms with E-state index in [0.29, 0.717) is 49.6 Å². The van der Waals surface area contributed by atoms with Crippen molar-refractivity contribution in [2.45, 2.75) is 25.3 Å². The first-order valence-corrected chi connectivity index (χ1v) is 13.8. The fourth-order valence-electron chi connectivity index (χ4n) is 6.27. The lowest BCUT2D eigenvalue weighted by Gasteiger charge is -2.30. The van der Waals surface area contributed by atoms with Gasteiger partial charge in [-0.2, -0.15) is 0 Å². The highest BCUT2D eigenvalue weighted by Gasteiger charge is 2.35. The third-order valence-electron chi connectivity index (χ3n) is 8.35. The highest BCUT2D eigenvalue weighted by atomic mass is 19.1. The number of halogens is 1. The van der Waals surface area contributed by atoms with Crippen molar-refractivity contribution in [3.63, 3.8) is 0 Å². The highest BCUT2D eigenvalue weighted by Crippen LogP contribution is 2.50. The number of rotatable bonds is 5. The van der Waals surface area contributed by atoms with Gasteiger partial charge in [-0.3, -0.25) is 9.59 Å². The van der Waals surface area contributed by atoms with Crippen molar-refractivity contribution in [2.75, 3.05) is 49.9 Å². The van der Waals surface area contributed by atoms with Gasteiger partial charge in [0.1, 0.15) is 16.8 Å². The van der Waals surface area contributed by atoms with E-state index in [-0.39, 0.29) is 34.1 Å². The lowest BCUT2D eigenvalue weighted by molar-refractivity contribution is 0.0948. The quantitative estimate of drug-likeness (QED) is 0.292. The molecule has 0 spiro atoms. The molecule has 10 heteroatoms. The summed E-state index contributed by atoms with van der Waals surface area (Å²) in [6, 6.07) is 11.5. The number of anilines is 2. The number of nitrogen functional groups attached to an aromatic ring is 1. The number of hydrogen-bond acceptors (Lipinski definition) is 7. The Hall–Kier alpha value is -4.15. The average molecular weight is 543 g/mol. The summed E-state index contributed by atoms with van der Waals surface area (Å²) in [6.45, 7) is 4.09. The third kappa shape index (κ3) is 3.89. The van der Waals surface area contributed by atoms with Gasteiger partial charge in [0.05, 0.1) is 16.8 Å². The maximum atomic E-state index is 16.1. The molecule has 40 heavy (non-hydrogen) atoms. The summed E-state index contributed by atoms with van der Waals surface area (Å²) < 4.78 is 24.2. The van der Waals surface area contributed by atoms with Crippen LogP contribution in [0.3, 0.4) is 0 Å². The number of carbonyl (C=O) groups excluding carboxylic acids is 1. The van der Waals surface area contributed by atoms with Gasteiger partial charge in [-0.1, -0.05) is 24.3 Å². The topological polar surface area (TPSA) is 119 Å². The SMILES string of the molecule is Nc1c(F)c(N2CCC(N)C2)c2c3c1c(=O)c(C(=O)NCCN1CCCC1)cn3-c1cc3ccccc3cc1O2. The standard InChI is InChI=1S/C30H31FN6O3/c31-24-25(33)23-26-29(27(24)36-11-7-19(32)15-36)40-22-14-18-6-2-1-5-17(18)13-21(22)37(26)16-20(28(23)38)30(39)34-8-12-35-9-3-4-10-35/h1-2,5-6,13-14,16,19H,3-4,7-12,15,32-33H2,(H,34,39). The third-order valence-corrected chi connectivity index (χ3v) is 8.35. The highest BCUT2D eigenvalue weighted by molar-refractivity contribution is 6.06. The molecule has 3 aromatic carbocycles. The van der Waals surface area contributed by atoms with Crippen LogP contribution in [0.2, 0.25) is 0 Å². The molecule has 5 N–H and O–H groups in total. The van der Waals surface area contributed by atoms with Gasteiger partial charge in [0.2, 0.25) is 5.43 Å². The molecule has 0 aliphatic carbocycles. The second-order valence-corrected chi connectivity index (χ2v) is 10.9. The minimum Gasteiger partial charge on any atom is -0.451 e. The molecule has 1 aromatic heterocycles. The maximum Gasteiger partial charge on any atom is 0.256 e. The van der Waals surface area contributed by atoms with Crippen molar-refractivity contribution in [2.24, 2.45) is 5.73 Å². The van der Waals surface area contributed by atoms with Crippen LogP contribution in [0.15, 0.2) is 47.4 Å². The van der Waals surface area contributed by atoms with E-state index >= 15 is 4.39 Å². The fraction of sp³-hybridized carbons (Fsp3) is 0.333. The number of likely N-dealkylation sites (tertiary alicyclic amines) is 1. The summed E-state index contributed by atoms with van der Waals surface area (Å²) >= 11 is 0. The van der Waals surface area contributed by atoms with E-state index in [9.17, 15) is 9.59 Å². The first kappa shape index (κ1) is 24.9. The molecule has 0 radical (unpaired) electrons. The van der Waals surface area contributed by atoms with Gasteiger partial charge in [0.25, 0.3) is 5.91 Å². The van der Waals surface area contributed by atoms with Crippen molar-refractivity contribution in [3.05, 3.63) is 64.2 Å². The number of fused-ring (bicyclic) bond motifs is 3. The summed E-state index contributed by atoms with van der Waals surface area (Å²) in [5, 5.41) is 4.72. The van der Waals surface area contributed by atoms with Crippen LogP contribution in [0.5, 0.6) is 11.5 Å². The van der Waals surface area contributed by atoms with Gasteiger partial charge in [-0.25, -0.2) is 4.39 Å². The molecule has 206 valence electrons. The molecule has 2 saturated heterocycles. The largest absolute Gasteiger partial charge is 0.451 e. The molecule has 1 atom stereocenters. The molecular weight excluding hydrogens is 511 g/mol. The molecule has 4 aromatic rings. The summed E-state index contributed by atoms with van der Waals surface area (Å²) in [6.07, 6.45) is 4.53. The van der Waals surface area contributed by atoms with E-state index in [1.807, 2.05) is 41.3 Å². The molecule has 2 fully saturated rings. The number of amides is 1.